The van der Waals surface area contributed by atoms with E-state index in [0.717, 1.165) is 19.3 Å². The van der Waals surface area contributed by atoms with Gasteiger partial charge in [-0.2, -0.15) is 0 Å². The zero-order valence-corrected chi connectivity index (χ0v) is 15.0. The number of carboxylic acids is 2. The highest BCUT2D eigenvalue weighted by molar-refractivity contribution is 5.72. The molecule has 142 valence electrons. The molecule has 0 saturated heterocycles. The van der Waals surface area contributed by atoms with Crippen LogP contribution in [0.15, 0.2) is 0 Å². The predicted octanol–water partition coefficient (Wildman–Crippen LogP) is 4.22. The van der Waals surface area contributed by atoms with Gasteiger partial charge in [-0.05, 0) is 6.42 Å². The first-order chi connectivity index (χ1) is 11.6. The van der Waals surface area contributed by atoms with Crippen LogP contribution in [0.25, 0.3) is 0 Å². The summed E-state index contributed by atoms with van der Waals surface area (Å²) in [6.07, 6.45) is 13.2. The Hall–Kier alpha value is -1.14. The molecule has 0 aliphatic heterocycles. The van der Waals surface area contributed by atoms with Crippen LogP contribution in [-0.4, -0.2) is 41.7 Å². The topological polar surface area (TPSA) is 93.1 Å². The van der Waals surface area contributed by atoms with E-state index in [-0.39, 0.29) is 6.61 Å². The van der Waals surface area contributed by atoms with Crippen LogP contribution in [0.4, 0.5) is 0 Å². The fourth-order valence-electron chi connectivity index (χ4n) is 2.47. The van der Waals surface area contributed by atoms with Crippen LogP contribution in [0.3, 0.4) is 0 Å². The first-order valence-electron chi connectivity index (χ1n) is 9.25. The highest BCUT2D eigenvalue weighted by Gasteiger charge is 2.19. The summed E-state index contributed by atoms with van der Waals surface area (Å²) >= 11 is 0. The summed E-state index contributed by atoms with van der Waals surface area (Å²) in [6, 6.07) is 0. The van der Waals surface area contributed by atoms with E-state index in [1.165, 1.54) is 57.8 Å². The maximum atomic E-state index is 10.8. The van der Waals surface area contributed by atoms with Crippen molar-refractivity contribution in [3.63, 3.8) is 0 Å². The number of hydrogen-bond acceptors (Lipinski definition) is 4. The first-order valence-corrected chi connectivity index (χ1v) is 9.25. The van der Waals surface area contributed by atoms with E-state index < -0.39 is 24.8 Å². The maximum absolute atomic E-state index is 10.8. The lowest BCUT2D eigenvalue weighted by Crippen LogP contribution is -2.29. The van der Waals surface area contributed by atoms with Crippen molar-refractivity contribution < 1.29 is 29.3 Å². The van der Waals surface area contributed by atoms with Crippen LogP contribution in [0.1, 0.15) is 84.0 Å². The van der Waals surface area contributed by atoms with Crippen LogP contribution in [-0.2, 0) is 19.1 Å². The number of aliphatic carboxylic acids is 2. The fraction of sp³-hybridized carbons (Fsp3) is 0.889. The molecule has 0 bridgehead atoms. The van der Waals surface area contributed by atoms with Crippen LogP contribution in [0.2, 0.25) is 0 Å². The molecule has 0 radical (unpaired) electrons. The van der Waals surface area contributed by atoms with Gasteiger partial charge in [0.05, 0.1) is 6.61 Å². The summed E-state index contributed by atoms with van der Waals surface area (Å²) in [6.45, 7) is 1.83. The molecule has 0 amide bonds. The van der Waals surface area contributed by atoms with E-state index in [0.29, 0.717) is 0 Å². The molecular formula is C18H34O6. The molecule has 24 heavy (non-hydrogen) atoms. The average molecular weight is 346 g/mol. The second-order valence-corrected chi connectivity index (χ2v) is 6.13. The van der Waals surface area contributed by atoms with Crippen molar-refractivity contribution in [3.05, 3.63) is 0 Å². The Morgan fingerprint density at radius 3 is 1.62 bits per heavy atom. The summed E-state index contributed by atoms with van der Waals surface area (Å²) in [5.41, 5.74) is 0. The molecule has 0 fully saturated rings. The Bertz CT molecular complexity index is 319. The van der Waals surface area contributed by atoms with Gasteiger partial charge < -0.3 is 19.7 Å². The van der Waals surface area contributed by atoms with Gasteiger partial charge in [0.1, 0.15) is 6.61 Å². The van der Waals surface area contributed by atoms with Crippen molar-refractivity contribution in [2.45, 2.75) is 90.3 Å². The van der Waals surface area contributed by atoms with E-state index in [4.69, 9.17) is 14.9 Å². The number of unbranched alkanes of at least 4 members (excludes halogenated alkanes) is 11. The lowest BCUT2D eigenvalue weighted by molar-refractivity contribution is -0.193. The van der Waals surface area contributed by atoms with Gasteiger partial charge in [-0.25, -0.2) is 9.59 Å². The number of carboxylic acid groups (broad SMARTS) is 2. The molecule has 6 nitrogen and oxygen atoms in total. The summed E-state index contributed by atoms with van der Waals surface area (Å²) in [7, 11) is 0. The van der Waals surface area contributed by atoms with Gasteiger partial charge >= 0.3 is 11.9 Å². The Kier molecular flexibility index (Phi) is 15.9. The molecular weight excluding hydrogens is 312 g/mol. The minimum Gasteiger partial charge on any atom is -0.480 e. The summed E-state index contributed by atoms with van der Waals surface area (Å²) in [4.78, 5) is 21.2. The summed E-state index contributed by atoms with van der Waals surface area (Å²) < 4.78 is 9.71. The standard InChI is InChI=1S/C18H34O6/c1-2-3-4-5-6-7-8-9-10-11-12-13-14-23-18(17(21)22)24-15-16(19)20/h18H,2-15H2,1H3,(H,19,20)(H,21,22). The monoisotopic (exact) mass is 346 g/mol. The lowest BCUT2D eigenvalue weighted by atomic mass is 10.1. The average Bonchev–Trinajstić information content (AvgIpc) is 2.54. The fourth-order valence-corrected chi connectivity index (χ4v) is 2.47. The second kappa shape index (κ2) is 16.7. The van der Waals surface area contributed by atoms with Crippen molar-refractivity contribution in [1.29, 1.82) is 0 Å². The van der Waals surface area contributed by atoms with Gasteiger partial charge in [0.15, 0.2) is 0 Å². The van der Waals surface area contributed by atoms with Gasteiger partial charge in [0, 0.05) is 0 Å². The van der Waals surface area contributed by atoms with Gasteiger partial charge in [-0.3, -0.25) is 0 Å². The minimum absolute atomic E-state index is 0.272. The quantitative estimate of drug-likeness (QED) is 0.285. The Balaban J connectivity index is 3.36. The lowest BCUT2D eigenvalue weighted by Gasteiger charge is -2.13. The minimum atomic E-state index is -1.49. The predicted molar refractivity (Wildman–Crippen MR) is 92.0 cm³/mol. The largest absolute Gasteiger partial charge is 0.480 e. The van der Waals surface area contributed by atoms with E-state index in [1.54, 1.807) is 0 Å². The van der Waals surface area contributed by atoms with Gasteiger partial charge in [-0.15, -0.1) is 0 Å². The van der Waals surface area contributed by atoms with Crippen LogP contribution >= 0.6 is 0 Å². The highest BCUT2D eigenvalue weighted by Crippen LogP contribution is 2.12. The Morgan fingerprint density at radius 2 is 1.21 bits per heavy atom. The van der Waals surface area contributed by atoms with Gasteiger partial charge in [-0.1, -0.05) is 77.6 Å². The molecule has 0 aromatic carbocycles. The van der Waals surface area contributed by atoms with Crippen molar-refractivity contribution in [2.24, 2.45) is 0 Å². The Labute approximate surface area is 145 Å². The maximum Gasteiger partial charge on any atom is 0.361 e. The molecule has 6 heteroatoms. The van der Waals surface area contributed by atoms with Crippen molar-refractivity contribution >= 4 is 11.9 Å². The number of carbonyl (C=O) groups is 2. The zero-order valence-electron chi connectivity index (χ0n) is 15.0. The third kappa shape index (κ3) is 15.7. The molecule has 0 aromatic rings. The van der Waals surface area contributed by atoms with Crippen LogP contribution in [0.5, 0.6) is 0 Å². The molecule has 0 spiro atoms. The molecule has 0 aromatic heterocycles. The Morgan fingerprint density at radius 1 is 0.750 bits per heavy atom. The molecule has 0 heterocycles. The van der Waals surface area contributed by atoms with Crippen LogP contribution < -0.4 is 0 Å². The van der Waals surface area contributed by atoms with Crippen molar-refractivity contribution in [3.8, 4) is 0 Å². The molecule has 0 saturated carbocycles. The number of ether oxygens (including phenoxy) is 2. The number of hydrogen-bond donors (Lipinski definition) is 2. The normalized spacial score (nSPS) is 12.2. The van der Waals surface area contributed by atoms with E-state index in [2.05, 4.69) is 11.7 Å². The van der Waals surface area contributed by atoms with Gasteiger partial charge in [0.25, 0.3) is 6.29 Å². The summed E-state index contributed by atoms with van der Waals surface area (Å²) in [5.74, 6) is -2.51. The molecule has 0 rings (SSSR count). The molecule has 0 aliphatic rings. The SMILES string of the molecule is CCCCCCCCCCCCCCOC(OCC(=O)O)C(=O)O. The van der Waals surface area contributed by atoms with E-state index in [9.17, 15) is 9.59 Å². The third-order valence-electron chi connectivity index (χ3n) is 3.83. The molecule has 2 N–H and O–H groups in total. The number of rotatable bonds is 18. The molecule has 0 aliphatic carbocycles. The zero-order chi connectivity index (χ0) is 18.0. The van der Waals surface area contributed by atoms with Crippen molar-refractivity contribution in [1.82, 2.24) is 0 Å². The molecule has 1 unspecified atom stereocenters. The van der Waals surface area contributed by atoms with E-state index in [1.807, 2.05) is 0 Å². The summed E-state index contributed by atoms with van der Waals surface area (Å²) in [5, 5.41) is 17.3. The van der Waals surface area contributed by atoms with E-state index >= 15 is 0 Å². The van der Waals surface area contributed by atoms with Gasteiger partial charge in [0.2, 0.25) is 0 Å². The second-order valence-electron chi connectivity index (χ2n) is 6.13. The smallest absolute Gasteiger partial charge is 0.361 e. The first kappa shape index (κ1) is 22.9. The van der Waals surface area contributed by atoms with Crippen LogP contribution in [0, 0.1) is 0 Å². The van der Waals surface area contributed by atoms with Crippen molar-refractivity contribution in [2.75, 3.05) is 13.2 Å². The molecule has 1 atom stereocenters. The third-order valence-corrected chi connectivity index (χ3v) is 3.83. The highest BCUT2D eigenvalue weighted by atomic mass is 16.7.